The molecule has 0 saturated carbocycles. The zero-order chi connectivity index (χ0) is 16.1. The molecule has 2 aromatic carbocycles. The maximum atomic E-state index is 12.8. The monoisotopic (exact) mass is 320 g/mol. The summed E-state index contributed by atoms with van der Waals surface area (Å²) in [5.41, 5.74) is 1.16. The molecule has 2 aromatic rings. The fraction of sp³-hybridized carbons (Fsp3) is 0.125. The summed E-state index contributed by atoms with van der Waals surface area (Å²) in [6.07, 6.45) is 0. The Bertz CT molecular complexity index is 708. The Morgan fingerprint density at radius 1 is 0.955 bits per heavy atom. The Kier molecular flexibility index (Phi) is 5.16. The van der Waals surface area contributed by atoms with Gasteiger partial charge in [-0.15, -0.1) is 0 Å². The van der Waals surface area contributed by atoms with E-state index in [2.05, 4.69) is 0 Å². The van der Waals surface area contributed by atoms with Crippen molar-refractivity contribution in [3.63, 3.8) is 0 Å². The van der Waals surface area contributed by atoms with Crippen LogP contribution in [0.3, 0.4) is 0 Å². The second-order valence-corrected chi connectivity index (χ2v) is 6.12. The van der Waals surface area contributed by atoms with E-state index in [9.17, 15) is 18.2 Å². The molecule has 0 aliphatic heterocycles. The minimum absolute atomic E-state index is 0.150. The van der Waals surface area contributed by atoms with E-state index in [-0.39, 0.29) is 22.9 Å². The SMILES string of the molecule is O=C(O)c1ccc(CS(=O)CC(=O)c2ccc(F)cc2)cc1. The lowest BCUT2D eigenvalue weighted by atomic mass is 10.1. The highest BCUT2D eigenvalue weighted by Crippen LogP contribution is 2.09. The zero-order valence-corrected chi connectivity index (χ0v) is 12.3. The molecule has 0 aliphatic rings. The molecule has 0 radical (unpaired) electrons. The van der Waals surface area contributed by atoms with Crippen molar-refractivity contribution in [2.45, 2.75) is 5.75 Å². The summed E-state index contributed by atoms with van der Waals surface area (Å²) in [4.78, 5) is 22.6. The van der Waals surface area contributed by atoms with Crippen molar-refractivity contribution in [2.24, 2.45) is 0 Å². The Labute approximate surface area is 129 Å². The van der Waals surface area contributed by atoms with Crippen LogP contribution in [0, 0.1) is 5.82 Å². The van der Waals surface area contributed by atoms with E-state index in [0.29, 0.717) is 11.1 Å². The number of carboxylic acid groups (broad SMARTS) is 1. The Morgan fingerprint density at radius 3 is 2.05 bits per heavy atom. The first-order chi connectivity index (χ1) is 10.5. The zero-order valence-electron chi connectivity index (χ0n) is 11.5. The molecule has 1 N–H and O–H groups in total. The van der Waals surface area contributed by atoms with Gasteiger partial charge in [-0.3, -0.25) is 9.00 Å². The second kappa shape index (κ2) is 7.09. The summed E-state index contributed by atoms with van der Waals surface area (Å²) in [6.45, 7) is 0. The van der Waals surface area contributed by atoms with Crippen molar-refractivity contribution in [1.29, 1.82) is 0 Å². The lowest BCUT2D eigenvalue weighted by molar-refractivity contribution is 0.0696. The van der Waals surface area contributed by atoms with E-state index >= 15 is 0 Å². The molecule has 0 aliphatic carbocycles. The van der Waals surface area contributed by atoms with E-state index in [4.69, 9.17) is 5.11 Å². The molecule has 0 bridgehead atoms. The lowest BCUT2D eigenvalue weighted by Crippen LogP contribution is -2.12. The van der Waals surface area contributed by atoms with Crippen molar-refractivity contribution in [1.82, 2.24) is 0 Å². The molecule has 1 atom stereocenters. The number of carboxylic acids is 1. The number of hydrogen-bond donors (Lipinski definition) is 1. The van der Waals surface area contributed by atoms with Crippen LogP contribution < -0.4 is 0 Å². The van der Waals surface area contributed by atoms with Crippen LogP contribution in [0.15, 0.2) is 48.5 Å². The molecule has 0 fully saturated rings. The predicted octanol–water partition coefficient (Wildman–Crippen LogP) is 2.66. The fourth-order valence-corrected chi connectivity index (χ4v) is 2.97. The first-order valence-corrected chi connectivity index (χ1v) is 7.90. The molecule has 1 unspecified atom stereocenters. The number of aromatic carboxylic acids is 1. The molecule has 0 aromatic heterocycles. The van der Waals surface area contributed by atoms with Crippen LogP contribution >= 0.6 is 0 Å². The maximum absolute atomic E-state index is 12.8. The van der Waals surface area contributed by atoms with Gasteiger partial charge in [-0.2, -0.15) is 0 Å². The van der Waals surface area contributed by atoms with Gasteiger partial charge in [0.25, 0.3) is 0 Å². The quantitative estimate of drug-likeness (QED) is 0.831. The molecule has 0 spiro atoms. The van der Waals surface area contributed by atoms with Gasteiger partial charge in [-0.05, 0) is 42.0 Å². The van der Waals surface area contributed by atoms with Crippen LogP contribution in [0.2, 0.25) is 0 Å². The second-order valence-electron chi connectivity index (χ2n) is 4.66. The number of benzene rings is 2. The molecule has 2 rings (SSSR count). The van der Waals surface area contributed by atoms with Crippen LogP contribution in [0.25, 0.3) is 0 Å². The van der Waals surface area contributed by atoms with Crippen LogP contribution in [0.1, 0.15) is 26.3 Å². The molecule has 114 valence electrons. The highest BCUT2D eigenvalue weighted by Gasteiger charge is 2.12. The highest BCUT2D eigenvalue weighted by atomic mass is 32.2. The summed E-state index contributed by atoms with van der Waals surface area (Å²) in [5.74, 6) is -1.78. The first-order valence-electron chi connectivity index (χ1n) is 6.41. The van der Waals surface area contributed by atoms with E-state index in [1.165, 1.54) is 36.4 Å². The third kappa shape index (κ3) is 4.33. The Balaban J connectivity index is 1.96. The van der Waals surface area contributed by atoms with Gasteiger partial charge in [0.2, 0.25) is 0 Å². The summed E-state index contributed by atoms with van der Waals surface area (Å²) >= 11 is 0. The van der Waals surface area contributed by atoms with E-state index < -0.39 is 22.6 Å². The lowest BCUT2D eigenvalue weighted by Gasteiger charge is -2.03. The number of carbonyl (C=O) groups is 2. The van der Waals surface area contributed by atoms with Crippen LogP contribution in [0.4, 0.5) is 4.39 Å². The van der Waals surface area contributed by atoms with Crippen LogP contribution in [-0.2, 0) is 16.6 Å². The molecular formula is C16H13FO4S. The van der Waals surface area contributed by atoms with Crippen LogP contribution in [0.5, 0.6) is 0 Å². The van der Waals surface area contributed by atoms with Gasteiger partial charge in [0, 0.05) is 22.1 Å². The van der Waals surface area contributed by atoms with Gasteiger partial charge < -0.3 is 5.11 Å². The maximum Gasteiger partial charge on any atom is 0.335 e. The fourth-order valence-electron chi connectivity index (χ4n) is 1.85. The third-order valence-corrected chi connectivity index (χ3v) is 4.23. The number of halogens is 1. The van der Waals surface area contributed by atoms with Crippen molar-refractivity contribution in [2.75, 3.05) is 5.75 Å². The topological polar surface area (TPSA) is 71.4 Å². The standard InChI is InChI=1S/C16H13FO4S/c17-14-7-5-12(6-8-14)15(18)10-22(21)9-11-1-3-13(4-2-11)16(19)20/h1-8H,9-10H2,(H,19,20). The van der Waals surface area contributed by atoms with Gasteiger partial charge >= 0.3 is 5.97 Å². The molecule has 0 heterocycles. The summed E-state index contributed by atoms with van der Waals surface area (Å²) in [6, 6.07) is 11.1. The summed E-state index contributed by atoms with van der Waals surface area (Å²) in [5, 5.41) is 8.79. The third-order valence-electron chi connectivity index (χ3n) is 2.99. The van der Waals surface area contributed by atoms with Gasteiger partial charge in [-0.1, -0.05) is 12.1 Å². The molecular weight excluding hydrogens is 307 g/mol. The minimum Gasteiger partial charge on any atom is -0.478 e. The van der Waals surface area contributed by atoms with E-state index in [1.807, 2.05) is 0 Å². The molecule has 0 saturated heterocycles. The van der Waals surface area contributed by atoms with Gasteiger partial charge in [-0.25, -0.2) is 9.18 Å². The smallest absolute Gasteiger partial charge is 0.335 e. The minimum atomic E-state index is -1.41. The normalized spacial score (nSPS) is 11.9. The van der Waals surface area contributed by atoms with Crippen molar-refractivity contribution >= 4 is 22.6 Å². The Hall–Kier alpha value is -2.34. The molecule has 0 amide bonds. The molecule has 22 heavy (non-hydrogen) atoms. The first kappa shape index (κ1) is 16.0. The van der Waals surface area contributed by atoms with E-state index in [1.54, 1.807) is 12.1 Å². The molecule has 4 nitrogen and oxygen atoms in total. The van der Waals surface area contributed by atoms with Crippen molar-refractivity contribution in [3.8, 4) is 0 Å². The van der Waals surface area contributed by atoms with Crippen molar-refractivity contribution in [3.05, 3.63) is 71.0 Å². The molecule has 6 heteroatoms. The number of ketones is 1. The van der Waals surface area contributed by atoms with Crippen LogP contribution in [-0.4, -0.2) is 26.8 Å². The average molecular weight is 320 g/mol. The number of carbonyl (C=O) groups excluding carboxylic acids is 1. The number of rotatable bonds is 6. The predicted molar refractivity (Wildman–Crippen MR) is 80.8 cm³/mol. The highest BCUT2D eigenvalue weighted by molar-refractivity contribution is 7.85. The number of hydrogen-bond acceptors (Lipinski definition) is 3. The average Bonchev–Trinajstić information content (AvgIpc) is 2.48. The summed E-state index contributed by atoms with van der Waals surface area (Å²) < 4.78 is 24.8. The number of Topliss-reactive ketones (excluding diaryl/α,β-unsaturated/α-hetero) is 1. The summed E-state index contributed by atoms with van der Waals surface area (Å²) in [7, 11) is -1.41. The van der Waals surface area contributed by atoms with Crippen molar-refractivity contribution < 1.29 is 23.3 Å². The van der Waals surface area contributed by atoms with Gasteiger partial charge in [0.15, 0.2) is 5.78 Å². The van der Waals surface area contributed by atoms with Gasteiger partial charge in [0.1, 0.15) is 5.82 Å². The van der Waals surface area contributed by atoms with E-state index in [0.717, 1.165) is 0 Å². The largest absolute Gasteiger partial charge is 0.478 e. The Morgan fingerprint density at radius 2 is 1.50 bits per heavy atom. The van der Waals surface area contributed by atoms with Gasteiger partial charge in [0.05, 0.1) is 11.3 Å².